The van der Waals surface area contributed by atoms with Crippen LogP contribution in [0.5, 0.6) is 0 Å². The van der Waals surface area contributed by atoms with E-state index < -0.39 is 0 Å². The van der Waals surface area contributed by atoms with E-state index in [2.05, 4.69) is 15.3 Å². The smallest absolute Gasteiger partial charge is 0.274 e. The van der Waals surface area contributed by atoms with Gasteiger partial charge in [0.25, 0.3) is 5.91 Å². The molecule has 1 aromatic rings. The molecule has 2 heterocycles. The molecule has 2 rings (SSSR count). The first kappa shape index (κ1) is 14.7. The van der Waals surface area contributed by atoms with E-state index in [4.69, 9.17) is 9.84 Å². The molecule has 1 saturated heterocycles. The molecule has 2 atom stereocenters. The number of amides is 1. The van der Waals surface area contributed by atoms with E-state index in [0.29, 0.717) is 31.2 Å². The second-order valence-corrected chi connectivity index (χ2v) is 4.76. The average Bonchev–Trinajstić information content (AvgIpc) is 2.48. The van der Waals surface area contributed by atoms with Gasteiger partial charge in [-0.15, -0.1) is 0 Å². The highest BCUT2D eigenvalue weighted by Gasteiger charge is 2.30. The summed E-state index contributed by atoms with van der Waals surface area (Å²) in [5, 5.41) is 12.2. The minimum Gasteiger partial charge on any atom is -0.394 e. The Morgan fingerprint density at radius 3 is 3.10 bits per heavy atom. The summed E-state index contributed by atoms with van der Waals surface area (Å²) >= 11 is 0. The molecule has 7 nitrogen and oxygen atoms in total. The molecule has 0 spiro atoms. The molecule has 0 aromatic carbocycles. The molecule has 1 aliphatic rings. The lowest BCUT2D eigenvalue weighted by molar-refractivity contribution is -0.0668. The maximum absolute atomic E-state index is 12.5. The van der Waals surface area contributed by atoms with Crippen LogP contribution in [0.15, 0.2) is 12.4 Å². The van der Waals surface area contributed by atoms with Crippen LogP contribution in [0.2, 0.25) is 0 Å². The first-order valence-corrected chi connectivity index (χ1v) is 6.75. The maximum atomic E-state index is 12.5. The van der Waals surface area contributed by atoms with Gasteiger partial charge in [-0.2, -0.15) is 0 Å². The van der Waals surface area contributed by atoms with Gasteiger partial charge in [0.15, 0.2) is 0 Å². The number of nitrogens with one attached hydrogen (secondary N) is 1. The number of rotatable bonds is 4. The Morgan fingerprint density at radius 1 is 1.60 bits per heavy atom. The number of aliphatic hydroxyl groups is 1. The van der Waals surface area contributed by atoms with Gasteiger partial charge in [0.1, 0.15) is 11.5 Å². The van der Waals surface area contributed by atoms with Crippen molar-refractivity contribution in [1.82, 2.24) is 14.9 Å². The van der Waals surface area contributed by atoms with Gasteiger partial charge in [0.2, 0.25) is 0 Å². The number of anilines is 1. The highest BCUT2D eigenvalue weighted by atomic mass is 16.5. The van der Waals surface area contributed by atoms with Crippen molar-refractivity contribution in [3.63, 3.8) is 0 Å². The molecule has 2 N–H and O–H groups in total. The summed E-state index contributed by atoms with van der Waals surface area (Å²) in [4.78, 5) is 22.4. The van der Waals surface area contributed by atoms with Crippen LogP contribution in [0, 0.1) is 0 Å². The normalized spacial score (nSPS) is 22.6. The summed E-state index contributed by atoms with van der Waals surface area (Å²) in [6, 6.07) is -0.0464. The summed E-state index contributed by atoms with van der Waals surface area (Å²) in [5.41, 5.74) is 0.300. The Hall–Kier alpha value is -1.73. The predicted octanol–water partition coefficient (Wildman–Crippen LogP) is 0.130. The van der Waals surface area contributed by atoms with Crippen LogP contribution in [-0.2, 0) is 4.74 Å². The predicted molar refractivity (Wildman–Crippen MR) is 73.5 cm³/mol. The van der Waals surface area contributed by atoms with Gasteiger partial charge in [-0.3, -0.25) is 9.78 Å². The van der Waals surface area contributed by atoms with Crippen LogP contribution in [0.25, 0.3) is 0 Å². The topological polar surface area (TPSA) is 87.6 Å². The van der Waals surface area contributed by atoms with Crippen LogP contribution in [0.1, 0.15) is 24.3 Å². The molecule has 20 heavy (non-hydrogen) atoms. The van der Waals surface area contributed by atoms with Crippen molar-refractivity contribution in [1.29, 1.82) is 0 Å². The van der Waals surface area contributed by atoms with Crippen LogP contribution < -0.4 is 5.32 Å². The molecular weight excluding hydrogens is 260 g/mol. The van der Waals surface area contributed by atoms with Crippen molar-refractivity contribution < 1.29 is 14.6 Å². The summed E-state index contributed by atoms with van der Waals surface area (Å²) in [7, 11) is 0. The van der Waals surface area contributed by atoms with E-state index in [-0.39, 0.29) is 24.7 Å². The monoisotopic (exact) mass is 280 g/mol. The largest absolute Gasteiger partial charge is 0.394 e. The third-order valence-corrected chi connectivity index (χ3v) is 3.18. The maximum Gasteiger partial charge on any atom is 0.274 e. The van der Waals surface area contributed by atoms with Crippen molar-refractivity contribution >= 4 is 11.7 Å². The van der Waals surface area contributed by atoms with Crippen molar-refractivity contribution in [3.8, 4) is 0 Å². The van der Waals surface area contributed by atoms with Crippen LogP contribution in [-0.4, -0.2) is 64.3 Å². The molecule has 0 radical (unpaired) electrons. The molecular formula is C13H20N4O3. The highest BCUT2D eigenvalue weighted by Crippen LogP contribution is 2.15. The van der Waals surface area contributed by atoms with E-state index in [1.165, 1.54) is 6.20 Å². The third-order valence-electron chi connectivity index (χ3n) is 3.18. The van der Waals surface area contributed by atoms with Gasteiger partial charge in [-0.1, -0.05) is 0 Å². The van der Waals surface area contributed by atoms with Crippen molar-refractivity contribution in [2.24, 2.45) is 0 Å². The Bertz CT molecular complexity index is 469. The summed E-state index contributed by atoms with van der Waals surface area (Å²) in [6.45, 7) is 5.26. The van der Waals surface area contributed by atoms with Gasteiger partial charge in [0.05, 0.1) is 37.8 Å². The highest BCUT2D eigenvalue weighted by molar-refractivity contribution is 5.92. The number of nitrogens with zero attached hydrogens (tertiary/aromatic N) is 3. The molecule has 1 amide bonds. The Balaban J connectivity index is 2.14. The fourth-order valence-corrected chi connectivity index (χ4v) is 2.09. The fourth-order valence-electron chi connectivity index (χ4n) is 2.09. The van der Waals surface area contributed by atoms with E-state index >= 15 is 0 Å². The number of aliphatic hydroxyl groups excluding tert-OH is 1. The number of carbonyl (C=O) groups excluding carboxylic acids is 1. The van der Waals surface area contributed by atoms with Crippen LogP contribution in [0.3, 0.4) is 0 Å². The molecule has 7 heteroatoms. The van der Waals surface area contributed by atoms with Crippen molar-refractivity contribution in [3.05, 3.63) is 18.1 Å². The Morgan fingerprint density at radius 2 is 2.40 bits per heavy atom. The van der Waals surface area contributed by atoms with Crippen LogP contribution >= 0.6 is 0 Å². The zero-order chi connectivity index (χ0) is 14.5. The Kier molecular flexibility index (Phi) is 4.86. The molecule has 1 aromatic heterocycles. The van der Waals surface area contributed by atoms with Gasteiger partial charge < -0.3 is 20.1 Å². The SMILES string of the molecule is CCNc1cncc(C(=O)N2CC(CO)OCC2C)n1. The fraction of sp³-hybridized carbons (Fsp3) is 0.615. The summed E-state index contributed by atoms with van der Waals surface area (Å²) in [6.07, 6.45) is 2.71. The lowest BCUT2D eigenvalue weighted by Crippen LogP contribution is -2.52. The number of carbonyl (C=O) groups is 1. The number of hydrogen-bond acceptors (Lipinski definition) is 6. The van der Waals surface area contributed by atoms with Gasteiger partial charge in [-0.25, -0.2) is 4.98 Å². The summed E-state index contributed by atoms with van der Waals surface area (Å²) < 4.78 is 5.43. The van der Waals surface area contributed by atoms with Gasteiger partial charge in [0, 0.05) is 13.1 Å². The number of morpholine rings is 1. The quantitative estimate of drug-likeness (QED) is 0.815. The average molecular weight is 280 g/mol. The van der Waals surface area contributed by atoms with Crippen molar-refractivity contribution in [2.45, 2.75) is 26.0 Å². The molecule has 1 aliphatic heterocycles. The molecule has 2 unspecified atom stereocenters. The number of aromatic nitrogens is 2. The summed E-state index contributed by atoms with van der Waals surface area (Å²) in [5.74, 6) is 0.393. The van der Waals surface area contributed by atoms with Crippen molar-refractivity contribution in [2.75, 3.05) is 31.6 Å². The number of hydrogen-bond donors (Lipinski definition) is 2. The lowest BCUT2D eigenvalue weighted by Gasteiger charge is -2.37. The first-order chi connectivity index (χ1) is 9.65. The van der Waals surface area contributed by atoms with E-state index in [1.54, 1.807) is 11.1 Å². The minimum absolute atomic E-state index is 0.0464. The zero-order valence-electron chi connectivity index (χ0n) is 11.7. The molecule has 0 saturated carbocycles. The second-order valence-electron chi connectivity index (χ2n) is 4.76. The second kappa shape index (κ2) is 6.62. The first-order valence-electron chi connectivity index (χ1n) is 6.75. The third kappa shape index (κ3) is 3.23. The molecule has 110 valence electrons. The van der Waals surface area contributed by atoms with E-state index in [9.17, 15) is 4.79 Å². The zero-order valence-corrected chi connectivity index (χ0v) is 11.7. The van der Waals surface area contributed by atoms with Crippen LogP contribution in [0.4, 0.5) is 5.82 Å². The lowest BCUT2D eigenvalue weighted by atomic mass is 10.2. The van der Waals surface area contributed by atoms with E-state index in [1.807, 2.05) is 13.8 Å². The standard InChI is InChI=1S/C13H20N4O3/c1-3-15-12-5-14-4-11(16-12)13(19)17-6-10(7-18)20-8-9(17)2/h4-5,9-10,18H,3,6-8H2,1-2H3,(H,15,16). The van der Waals surface area contributed by atoms with E-state index in [0.717, 1.165) is 0 Å². The molecule has 1 fully saturated rings. The minimum atomic E-state index is -0.333. The molecule has 0 bridgehead atoms. The number of ether oxygens (including phenoxy) is 1. The molecule has 0 aliphatic carbocycles. The Labute approximate surface area is 118 Å². The van der Waals surface area contributed by atoms with Gasteiger partial charge in [-0.05, 0) is 13.8 Å². The van der Waals surface area contributed by atoms with Gasteiger partial charge >= 0.3 is 0 Å².